The van der Waals surface area contributed by atoms with Crippen molar-refractivity contribution in [3.63, 3.8) is 0 Å². The number of ether oxygens (including phenoxy) is 1. The van der Waals surface area contributed by atoms with E-state index in [4.69, 9.17) is 9.15 Å². The van der Waals surface area contributed by atoms with Gasteiger partial charge >= 0.3 is 5.97 Å². The highest BCUT2D eigenvalue weighted by Gasteiger charge is 2.34. The molecule has 29 heavy (non-hydrogen) atoms. The van der Waals surface area contributed by atoms with Crippen molar-refractivity contribution >= 4 is 34.1 Å². The SMILES string of the molecule is CCOC(=O)c1c(C2CC2)csc1NC(=O)C1CCN(C(=O)c2ccco2)CC1. The van der Waals surface area contributed by atoms with Crippen LogP contribution in [0.15, 0.2) is 28.2 Å². The molecule has 1 saturated heterocycles. The van der Waals surface area contributed by atoms with Crippen molar-refractivity contribution in [3.8, 4) is 0 Å². The molecule has 2 aromatic heterocycles. The zero-order valence-electron chi connectivity index (χ0n) is 16.3. The van der Waals surface area contributed by atoms with Crippen molar-refractivity contribution in [1.29, 1.82) is 0 Å². The quantitative estimate of drug-likeness (QED) is 0.722. The van der Waals surface area contributed by atoms with Crippen molar-refractivity contribution in [2.24, 2.45) is 5.92 Å². The average molecular weight is 416 g/mol. The van der Waals surface area contributed by atoms with Gasteiger partial charge in [-0.25, -0.2) is 4.79 Å². The third kappa shape index (κ3) is 4.22. The van der Waals surface area contributed by atoms with Crippen molar-refractivity contribution < 1.29 is 23.5 Å². The topological polar surface area (TPSA) is 88.9 Å². The maximum Gasteiger partial charge on any atom is 0.341 e. The van der Waals surface area contributed by atoms with E-state index in [9.17, 15) is 14.4 Å². The first-order valence-corrected chi connectivity index (χ1v) is 10.9. The summed E-state index contributed by atoms with van der Waals surface area (Å²) in [6, 6.07) is 3.33. The Bertz CT molecular complexity index is 892. The summed E-state index contributed by atoms with van der Waals surface area (Å²) < 4.78 is 10.4. The van der Waals surface area contributed by atoms with Crippen LogP contribution in [0.2, 0.25) is 0 Å². The number of nitrogens with one attached hydrogen (secondary N) is 1. The molecule has 0 bridgehead atoms. The van der Waals surface area contributed by atoms with Crippen molar-refractivity contribution in [2.45, 2.75) is 38.5 Å². The molecule has 0 atom stereocenters. The Kier molecular flexibility index (Phi) is 5.71. The summed E-state index contributed by atoms with van der Waals surface area (Å²) in [5.41, 5.74) is 1.50. The van der Waals surface area contributed by atoms with E-state index >= 15 is 0 Å². The molecular formula is C21H24N2O5S. The Labute approximate surface area is 173 Å². The fourth-order valence-electron chi connectivity index (χ4n) is 3.69. The molecule has 0 aromatic carbocycles. The summed E-state index contributed by atoms with van der Waals surface area (Å²) in [6.45, 7) is 3.08. The number of hydrogen-bond acceptors (Lipinski definition) is 6. The molecule has 7 nitrogen and oxygen atoms in total. The van der Waals surface area contributed by atoms with Gasteiger partial charge in [0.05, 0.1) is 18.4 Å². The van der Waals surface area contributed by atoms with E-state index in [1.54, 1.807) is 24.0 Å². The number of esters is 1. The fourth-order valence-corrected chi connectivity index (χ4v) is 4.72. The van der Waals surface area contributed by atoms with Crippen LogP contribution in [-0.4, -0.2) is 42.4 Å². The highest BCUT2D eigenvalue weighted by atomic mass is 32.1. The van der Waals surface area contributed by atoms with Crippen LogP contribution in [0.4, 0.5) is 5.00 Å². The van der Waals surface area contributed by atoms with E-state index < -0.39 is 0 Å². The highest BCUT2D eigenvalue weighted by Crippen LogP contribution is 2.46. The number of likely N-dealkylation sites (tertiary alicyclic amines) is 1. The van der Waals surface area contributed by atoms with Crippen LogP contribution >= 0.6 is 11.3 Å². The minimum atomic E-state index is -0.371. The van der Waals surface area contributed by atoms with Crippen LogP contribution < -0.4 is 5.32 Å². The van der Waals surface area contributed by atoms with Gasteiger partial charge in [-0.2, -0.15) is 0 Å². The molecule has 1 saturated carbocycles. The van der Waals surface area contributed by atoms with E-state index in [0.717, 1.165) is 18.4 Å². The molecule has 0 spiro atoms. The van der Waals surface area contributed by atoms with Crippen LogP contribution in [0.25, 0.3) is 0 Å². The Morgan fingerprint density at radius 2 is 2.00 bits per heavy atom. The van der Waals surface area contributed by atoms with Gasteiger partial charge in [0.15, 0.2) is 5.76 Å². The van der Waals surface area contributed by atoms with E-state index in [1.807, 2.05) is 5.38 Å². The second-order valence-electron chi connectivity index (χ2n) is 7.42. The highest BCUT2D eigenvalue weighted by molar-refractivity contribution is 7.15. The fraction of sp³-hybridized carbons (Fsp3) is 0.476. The van der Waals surface area contributed by atoms with E-state index in [-0.39, 0.29) is 23.7 Å². The summed E-state index contributed by atoms with van der Waals surface area (Å²) in [5, 5.41) is 5.49. The van der Waals surface area contributed by atoms with E-state index in [1.165, 1.54) is 17.6 Å². The normalized spacial score (nSPS) is 17.2. The Balaban J connectivity index is 1.39. The number of carbonyl (C=O) groups is 3. The number of furan rings is 1. The molecule has 0 radical (unpaired) electrons. The maximum atomic E-state index is 12.8. The molecule has 0 unspecified atom stereocenters. The molecule has 1 aliphatic heterocycles. The van der Waals surface area contributed by atoms with Crippen LogP contribution in [0, 0.1) is 5.92 Å². The van der Waals surface area contributed by atoms with Crippen LogP contribution in [0.5, 0.6) is 0 Å². The first-order chi connectivity index (χ1) is 14.1. The molecule has 2 aromatic rings. The second kappa shape index (κ2) is 8.41. The first-order valence-electron chi connectivity index (χ1n) is 10.0. The lowest BCUT2D eigenvalue weighted by atomic mass is 9.95. The smallest absolute Gasteiger partial charge is 0.341 e. The lowest BCUT2D eigenvalue weighted by Gasteiger charge is -2.30. The third-order valence-corrected chi connectivity index (χ3v) is 6.35. The van der Waals surface area contributed by atoms with Crippen LogP contribution in [-0.2, 0) is 9.53 Å². The monoisotopic (exact) mass is 416 g/mol. The minimum Gasteiger partial charge on any atom is -0.462 e. The first kappa shape index (κ1) is 19.7. The number of rotatable bonds is 6. The summed E-state index contributed by atoms with van der Waals surface area (Å²) >= 11 is 1.39. The van der Waals surface area contributed by atoms with Gasteiger partial charge in [0.2, 0.25) is 5.91 Å². The number of anilines is 1. The van der Waals surface area contributed by atoms with E-state index in [2.05, 4.69) is 5.32 Å². The molecule has 1 aliphatic carbocycles. The third-order valence-electron chi connectivity index (χ3n) is 5.44. The van der Waals surface area contributed by atoms with Crippen molar-refractivity contribution in [1.82, 2.24) is 4.90 Å². The zero-order chi connectivity index (χ0) is 20.4. The van der Waals surface area contributed by atoms with Gasteiger partial charge in [-0.05, 0) is 61.6 Å². The van der Waals surface area contributed by atoms with Gasteiger partial charge in [0.25, 0.3) is 5.91 Å². The number of carbonyl (C=O) groups excluding carboxylic acids is 3. The summed E-state index contributed by atoms with van der Waals surface area (Å²) in [5.74, 6) is -0.108. The molecule has 1 N–H and O–H groups in total. The maximum absolute atomic E-state index is 12.8. The number of thiophene rings is 1. The van der Waals surface area contributed by atoms with Gasteiger partial charge in [-0.3, -0.25) is 9.59 Å². The average Bonchev–Trinajstić information content (AvgIpc) is 3.26. The molecule has 2 amide bonds. The summed E-state index contributed by atoms with van der Waals surface area (Å²) in [4.78, 5) is 39.3. The predicted molar refractivity (Wildman–Crippen MR) is 108 cm³/mol. The number of piperidine rings is 1. The molecular weight excluding hydrogens is 392 g/mol. The zero-order valence-corrected chi connectivity index (χ0v) is 17.1. The number of nitrogens with zero attached hydrogens (tertiary/aromatic N) is 1. The van der Waals surface area contributed by atoms with Crippen LogP contribution in [0.1, 0.15) is 65.0 Å². The standard InChI is InChI=1S/C21H24N2O5S/c1-2-27-21(26)17-15(13-5-6-13)12-29-19(17)22-18(24)14-7-9-23(10-8-14)20(25)16-4-3-11-28-16/h3-4,11-14H,2,5-10H2,1H3,(H,22,24). The lowest BCUT2D eigenvalue weighted by molar-refractivity contribution is -0.121. The van der Waals surface area contributed by atoms with Gasteiger partial charge in [-0.15, -0.1) is 11.3 Å². The van der Waals surface area contributed by atoms with Gasteiger partial charge in [0.1, 0.15) is 5.00 Å². The largest absolute Gasteiger partial charge is 0.462 e. The molecule has 154 valence electrons. The molecule has 2 aliphatic rings. The summed E-state index contributed by atoms with van der Waals surface area (Å²) in [6.07, 6.45) is 4.77. The van der Waals surface area contributed by atoms with Crippen molar-refractivity contribution in [2.75, 3.05) is 25.0 Å². The second-order valence-corrected chi connectivity index (χ2v) is 8.30. The molecule has 2 fully saturated rings. The Morgan fingerprint density at radius 1 is 1.24 bits per heavy atom. The van der Waals surface area contributed by atoms with Crippen LogP contribution in [0.3, 0.4) is 0 Å². The Hall–Kier alpha value is -2.61. The van der Waals surface area contributed by atoms with Gasteiger partial charge in [-0.1, -0.05) is 0 Å². The molecule has 3 heterocycles. The van der Waals surface area contributed by atoms with Crippen molar-refractivity contribution in [3.05, 3.63) is 40.7 Å². The van der Waals surface area contributed by atoms with Gasteiger partial charge < -0.3 is 19.4 Å². The predicted octanol–water partition coefficient (Wildman–Crippen LogP) is 3.89. The lowest BCUT2D eigenvalue weighted by Crippen LogP contribution is -2.41. The Morgan fingerprint density at radius 3 is 2.62 bits per heavy atom. The van der Waals surface area contributed by atoms with Gasteiger partial charge in [0, 0.05) is 19.0 Å². The number of amides is 2. The number of hydrogen-bond donors (Lipinski definition) is 1. The molecule has 4 rings (SSSR count). The summed E-state index contributed by atoms with van der Waals surface area (Å²) in [7, 11) is 0. The minimum absolute atomic E-state index is 0.107. The molecule has 8 heteroatoms. The van der Waals surface area contributed by atoms with E-state index in [0.29, 0.717) is 54.8 Å².